The number of methoxy groups -OCH3 is 2. The highest BCUT2D eigenvalue weighted by Gasteiger charge is 2.32. The van der Waals surface area contributed by atoms with Crippen molar-refractivity contribution in [3.05, 3.63) is 53.6 Å². The molecule has 138 valence electrons. The molecule has 0 radical (unpaired) electrons. The summed E-state index contributed by atoms with van der Waals surface area (Å²) in [7, 11) is 3.02. The Kier molecular flexibility index (Phi) is 6.40. The van der Waals surface area contributed by atoms with Crippen molar-refractivity contribution in [3.63, 3.8) is 0 Å². The maximum absolute atomic E-state index is 12.9. The van der Waals surface area contributed by atoms with Crippen LogP contribution in [0.2, 0.25) is 0 Å². The largest absolute Gasteiger partial charge is 0.493 e. The Morgan fingerprint density at radius 3 is 2.42 bits per heavy atom. The highest BCUT2D eigenvalue weighted by molar-refractivity contribution is 7.80. The van der Waals surface area contributed by atoms with E-state index in [0.717, 1.165) is 12.3 Å². The summed E-state index contributed by atoms with van der Waals surface area (Å²) in [6.45, 7) is 0. The second-order valence-corrected chi connectivity index (χ2v) is 5.39. The van der Waals surface area contributed by atoms with Crippen molar-refractivity contribution in [1.29, 1.82) is 0 Å². The smallest absolute Gasteiger partial charge is 0.417 e. The standard InChI is InChI=1S/C17H16F3N3O2S/c1-24-14-8-7-12(9-15(14)25-2)22-16(26)23-21-10-11-5-3-4-6-13(11)17(18,19)20/h3-10H,1-2H3,(H2,22,23,26). The van der Waals surface area contributed by atoms with Gasteiger partial charge in [0.2, 0.25) is 0 Å². The van der Waals surface area contributed by atoms with Crippen LogP contribution in [0.5, 0.6) is 11.5 Å². The first-order valence-electron chi connectivity index (χ1n) is 7.33. The normalized spacial score (nSPS) is 11.3. The number of anilines is 1. The minimum absolute atomic E-state index is 0.0681. The summed E-state index contributed by atoms with van der Waals surface area (Å²) in [5.41, 5.74) is 2.24. The molecule has 9 heteroatoms. The van der Waals surface area contributed by atoms with E-state index in [0.29, 0.717) is 17.2 Å². The molecule has 5 nitrogen and oxygen atoms in total. The van der Waals surface area contributed by atoms with Crippen molar-refractivity contribution in [2.75, 3.05) is 19.5 Å². The van der Waals surface area contributed by atoms with Gasteiger partial charge in [0.25, 0.3) is 0 Å². The summed E-state index contributed by atoms with van der Waals surface area (Å²) in [5.74, 6) is 1.06. The molecule has 0 aliphatic carbocycles. The number of thiocarbonyl (C=S) groups is 1. The van der Waals surface area contributed by atoms with Gasteiger partial charge in [-0.05, 0) is 30.4 Å². The van der Waals surface area contributed by atoms with Crippen molar-refractivity contribution < 1.29 is 22.6 Å². The predicted octanol–water partition coefficient (Wildman–Crippen LogP) is 4.04. The molecule has 0 saturated carbocycles. The molecule has 2 N–H and O–H groups in total. The van der Waals surface area contributed by atoms with E-state index >= 15 is 0 Å². The summed E-state index contributed by atoms with van der Waals surface area (Å²) in [5, 5.41) is 6.71. The third-order valence-electron chi connectivity index (χ3n) is 3.28. The lowest BCUT2D eigenvalue weighted by Gasteiger charge is -2.12. The third-order valence-corrected chi connectivity index (χ3v) is 3.47. The van der Waals surface area contributed by atoms with Gasteiger partial charge in [-0.3, -0.25) is 5.43 Å². The van der Waals surface area contributed by atoms with Crippen LogP contribution in [0.4, 0.5) is 18.9 Å². The fourth-order valence-electron chi connectivity index (χ4n) is 2.10. The highest BCUT2D eigenvalue weighted by atomic mass is 32.1. The molecule has 0 saturated heterocycles. The number of benzene rings is 2. The number of ether oxygens (including phenoxy) is 2. The molecule has 0 heterocycles. The number of nitrogens with one attached hydrogen (secondary N) is 2. The van der Waals surface area contributed by atoms with E-state index in [-0.39, 0.29) is 10.7 Å². The zero-order valence-corrected chi connectivity index (χ0v) is 14.7. The summed E-state index contributed by atoms with van der Waals surface area (Å²) in [4.78, 5) is 0. The Morgan fingerprint density at radius 2 is 1.77 bits per heavy atom. The van der Waals surface area contributed by atoms with Crippen molar-refractivity contribution in [2.24, 2.45) is 5.10 Å². The van der Waals surface area contributed by atoms with Gasteiger partial charge < -0.3 is 14.8 Å². The quantitative estimate of drug-likeness (QED) is 0.464. The first-order chi connectivity index (χ1) is 12.3. The molecule has 0 unspecified atom stereocenters. The van der Waals surface area contributed by atoms with Gasteiger partial charge in [-0.1, -0.05) is 18.2 Å². The molecular weight excluding hydrogens is 367 g/mol. The van der Waals surface area contributed by atoms with Gasteiger partial charge >= 0.3 is 6.18 Å². The van der Waals surface area contributed by atoms with E-state index in [1.165, 1.54) is 32.4 Å². The van der Waals surface area contributed by atoms with Crippen LogP contribution in [-0.4, -0.2) is 25.5 Å². The first kappa shape index (κ1) is 19.5. The first-order valence-corrected chi connectivity index (χ1v) is 7.74. The van der Waals surface area contributed by atoms with Crippen LogP contribution < -0.4 is 20.2 Å². The van der Waals surface area contributed by atoms with E-state index < -0.39 is 11.7 Å². The molecule has 2 aromatic carbocycles. The Hall–Kier alpha value is -2.81. The molecule has 0 spiro atoms. The van der Waals surface area contributed by atoms with Crippen LogP contribution in [0.25, 0.3) is 0 Å². The number of hydrogen-bond donors (Lipinski definition) is 2. The van der Waals surface area contributed by atoms with Gasteiger partial charge in [0.15, 0.2) is 16.6 Å². The number of alkyl halides is 3. The SMILES string of the molecule is COc1ccc(NC(=S)NN=Cc2ccccc2C(F)(F)F)cc1OC. The molecule has 0 aromatic heterocycles. The number of nitrogens with zero attached hydrogens (tertiary/aromatic N) is 1. The summed E-state index contributed by atoms with van der Waals surface area (Å²) in [6.07, 6.45) is -3.40. The van der Waals surface area contributed by atoms with Gasteiger partial charge in [-0.25, -0.2) is 0 Å². The van der Waals surface area contributed by atoms with E-state index in [1.54, 1.807) is 18.2 Å². The van der Waals surface area contributed by atoms with Crippen molar-refractivity contribution in [3.8, 4) is 11.5 Å². The van der Waals surface area contributed by atoms with E-state index in [1.807, 2.05) is 0 Å². The van der Waals surface area contributed by atoms with Crippen LogP contribution in [0.1, 0.15) is 11.1 Å². The average Bonchev–Trinajstić information content (AvgIpc) is 2.61. The second kappa shape index (κ2) is 8.52. The molecule has 0 bridgehead atoms. The maximum Gasteiger partial charge on any atom is 0.417 e. The van der Waals surface area contributed by atoms with Crippen LogP contribution in [0, 0.1) is 0 Å². The fraction of sp³-hybridized carbons (Fsp3) is 0.176. The van der Waals surface area contributed by atoms with Gasteiger partial charge in [0.1, 0.15) is 0 Å². The van der Waals surface area contributed by atoms with Crippen LogP contribution in [-0.2, 0) is 6.18 Å². The lowest BCUT2D eigenvalue weighted by atomic mass is 10.1. The monoisotopic (exact) mass is 383 g/mol. The molecule has 2 rings (SSSR count). The Bertz CT molecular complexity index is 810. The van der Waals surface area contributed by atoms with Crippen LogP contribution >= 0.6 is 12.2 Å². The molecule has 0 fully saturated rings. The predicted molar refractivity (Wildman–Crippen MR) is 97.9 cm³/mol. The summed E-state index contributed by atoms with van der Waals surface area (Å²) >= 11 is 5.07. The topological polar surface area (TPSA) is 54.9 Å². The zero-order chi connectivity index (χ0) is 19.2. The number of halogens is 3. The fourth-order valence-corrected chi connectivity index (χ4v) is 2.27. The van der Waals surface area contributed by atoms with Crippen LogP contribution in [0.15, 0.2) is 47.6 Å². The Morgan fingerprint density at radius 1 is 1.08 bits per heavy atom. The van der Waals surface area contributed by atoms with E-state index in [9.17, 15) is 13.2 Å². The molecule has 0 aliphatic rings. The lowest BCUT2D eigenvalue weighted by molar-refractivity contribution is -0.137. The molecule has 2 aromatic rings. The molecule has 0 aliphatic heterocycles. The summed E-state index contributed by atoms with van der Waals surface area (Å²) in [6, 6.07) is 10.2. The lowest BCUT2D eigenvalue weighted by Crippen LogP contribution is -2.24. The zero-order valence-electron chi connectivity index (χ0n) is 13.9. The molecular formula is C17H16F3N3O2S. The van der Waals surface area contributed by atoms with Gasteiger partial charge in [-0.2, -0.15) is 18.3 Å². The number of hydrazone groups is 1. The second-order valence-electron chi connectivity index (χ2n) is 4.98. The van der Waals surface area contributed by atoms with E-state index in [2.05, 4.69) is 15.8 Å². The minimum atomic E-state index is -4.46. The van der Waals surface area contributed by atoms with Crippen molar-refractivity contribution in [1.82, 2.24) is 5.43 Å². The van der Waals surface area contributed by atoms with Crippen molar-refractivity contribution in [2.45, 2.75) is 6.18 Å². The Labute approximate surface area is 153 Å². The Balaban J connectivity index is 2.03. The van der Waals surface area contributed by atoms with Gasteiger partial charge in [0.05, 0.1) is 26.0 Å². The van der Waals surface area contributed by atoms with Crippen molar-refractivity contribution >= 4 is 29.2 Å². The number of hydrogen-bond acceptors (Lipinski definition) is 4. The van der Waals surface area contributed by atoms with Crippen LogP contribution in [0.3, 0.4) is 0 Å². The maximum atomic E-state index is 12.9. The molecule has 0 amide bonds. The third kappa shape index (κ3) is 5.09. The molecule has 0 atom stereocenters. The average molecular weight is 383 g/mol. The minimum Gasteiger partial charge on any atom is -0.493 e. The van der Waals surface area contributed by atoms with Gasteiger partial charge in [0, 0.05) is 17.3 Å². The highest BCUT2D eigenvalue weighted by Crippen LogP contribution is 2.31. The van der Waals surface area contributed by atoms with Gasteiger partial charge in [-0.15, -0.1) is 0 Å². The molecule has 26 heavy (non-hydrogen) atoms. The summed E-state index contributed by atoms with van der Waals surface area (Å²) < 4.78 is 49.0. The number of rotatable bonds is 5. The van der Waals surface area contributed by atoms with E-state index in [4.69, 9.17) is 21.7 Å².